The molecule has 1 aliphatic rings. The minimum atomic E-state index is -0.322. The van der Waals surface area contributed by atoms with Gasteiger partial charge in [0.1, 0.15) is 11.3 Å². The number of piperazine rings is 1. The number of hydrogen-bond donors (Lipinski definition) is 0. The van der Waals surface area contributed by atoms with E-state index in [4.69, 9.17) is 20.8 Å². The van der Waals surface area contributed by atoms with Gasteiger partial charge in [-0.15, -0.1) is 0 Å². The molecule has 0 bridgehead atoms. The van der Waals surface area contributed by atoms with E-state index in [0.29, 0.717) is 17.2 Å². The smallest absolute Gasteiger partial charge is 0.336 e. The van der Waals surface area contributed by atoms with Crippen molar-refractivity contribution in [3.63, 3.8) is 0 Å². The molecular formula is C22H23ClN2O3. The molecule has 1 fully saturated rings. The average molecular weight is 399 g/mol. The summed E-state index contributed by atoms with van der Waals surface area (Å²) in [7, 11) is 1.70. The van der Waals surface area contributed by atoms with E-state index in [1.165, 1.54) is 0 Å². The maximum atomic E-state index is 12.0. The summed E-state index contributed by atoms with van der Waals surface area (Å²) in [6.45, 7) is 6.21. The number of ether oxygens (including phenoxy) is 1. The second-order valence-electron chi connectivity index (χ2n) is 7.12. The summed E-state index contributed by atoms with van der Waals surface area (Å²) < 4.78 is 10.9. The Morgan fingerprint density at radius 2 is 1.86 bits per heavy atom. The van der Waals surface area contributed by atoms with Crippen molar-refractivity contribution in [3.05, 3.63) is 69.0 Å². The fraction of sp³-hybridized carbons (Fsp3) is 0.318. The lowest BCUT2D eigenvalue weighted by Crippen LogP contribution is -2.46. The van der Waals surface area contributed by atoms with Gasteiger partial charge in [0, 0.05) is 49.2 Å². The van der Waals surface area contributed by atoms with Gasteiger partial charge in [0.15, 0.2) is 0 Å². The van der Waals surface area contributed by atoms with E-state index in [0.717, 1.165) is 54.1 Å². The van der Waals surface area contributed by atoms with Crippen LogP contribution in [0, 0.1) is 6.92 Å². The summed E-state index contributed by atoms with van der Waals surface area (Å²) in [6.07, 6.45) is 0. The molecule has 6 heteroatoms. The van der Waals surface area contributed by atoms with Crippen molar-refractivity contribution >= 4 is 28.3 Å². The third-order valence-electron chi connectivity index (χ3n) is 5.30. The number of methoxy groups -OCH3 is 1. The van der Waals surface area contributed by atoms with E-state index in [1.807, 2.05) is 37.3 Å². The van der Waals surface area contributed by atoms with Crippen molar-refractivity contribution in [2.24, 2.45) is 0 Å². The minimum absolute atomic E-state index is 0.322. The molecule has 28 heavy (non-hydrogen) atoms. The molecule has 3 aromatic rings. The Morgan fingerprint density at radius 3 is 2.61 bits per heavy atom. The predicted octanol–water partition coefficient (Wildman–Crippen LogP) is 4.09. The van der Waals surface area contributed by atoms with Crippen LogP contribution in [0.5, 0.6) is 5.75 Å². The first-order chi connectivity index (χ1) is 13.5. The first-order valence-corrected chi connectivity index (χ1v) is 9.76. The maximum Gasteiger partial charge on any atom is 0.336 e. The molecule has 0 unspecified atom stereocenters. The molecule has 0 aliphatic carbocycles. The Bertz CT molecular complexity index is 1060. The first-order valence-electron chi connectivity index (χ1n) is 9.38. The van der Waals surface area contributed by atoms with Gasteiger partial charge < -0.3 is 14.1 Å². The van der Waals surface area contributed by atoms with Crippen LogP contribution in [0.25, 0.3) is 11.0 Å². The summed E-state index contributed by atoms with van der Waals surface area (Å²) >= 11 is 6.31. The van der Waals surface area contributed by atoms with Crippen LogP contribution in [-0.2, 0) is 6.54 Å². The first kappa shape index (κ1) is 18.8. The number of para-hydroxylation sites is 2. The van der Waals surface area contributed by atoms with Gasteiger partial charge in [0.25, 0.3) is 0 Å². The molecule has 2 aromatic carbocycles. The van der Waals surface area contributed by atoms with Gasteiger partial charge in [-0.05, 0) is 42.3 Å². The van der Waals surface area contributed by atoms with Crippen molar-refractivity contribution in [2.75, 3.05) is 38.2 Å². The molecule has 0 spiro atoms. The molecule has 1 saturated heterocycles. The van der Waals surface area contributed by atoms with Gasteiger partial charge in [-0.3, -0.25) is 4.90 Å². The van der Waals surface area contributed by atoms with Crippen LogP contribution in [0.3, 0.4) is 0 Å². The largest absolute Gasteiger partial charge is 0.495 e. The van der Waals surface area contributed by atoms with Gasteiger partial charge in [0.2, 0.25) is 0 Å². The molecule has 0 radical (unpaired) electrons. The van der Waals surface area contributed by atoms with E-state index < -0.39 is 0 Å². The second kappa shape index (κ2) is 7.86. The van der Waals surface area contributed by atoms with Crippen molar-refractivity contribution in [3.8, 4) is 5.75 Å². The minimum Gasteiger partial charge on any atom is -0.495 e. The normalized spacial score (nSPS) is 15.2. The fourth-order valence-corrected chi connectivity index (χ4v) is 3.92. The van der Waals surface area contributed by atoms with Gasteiger partial charge in [0.05, 0.1) is 12.8 Å². The highest BCUT2D eigenvalue weighted by molar-refractivity contribution is 6.32. The fourth-order valence-electron chi connectivity index (χ4n) is 3.76. The van der Waals surface area contributed by atoms with Crippen LogP contribution < -0.4 is 15.3 Å². The van der Waals surface area contributed by atoms with E-state index in [9.17, 15) is 4.79 Å². The summed E-state index contributed by atoms with van der Waals surface area (Å²) in [5.74, 6) is 0.896. The molecule has 0 amide bonds. The Kier molecular flexibility index (Phi) is 5.29. The Hall–Kier alpha value is -2.50. The number of nitrogens with zero attached hydrogens (tertiary/aromatic N) is 2. The van der Waals surface area contributed by atoms with E-state index in [1.54, 1.807) is 13.2 Å². The summed E-state index contributed by atoms with van der Waals surface area (Å²) in [5, 5.41) is 1.59. The van der Waals surface area contributed by atoms with Crippen LogP contribution >= 0.6 is 11.6 Å². The standard InChI is InChI=1S/C22H23ClN2O3/c1-15-11-21-17(13-18(15)23)16(12-22(26)28-21)14-24-7-9-25(10-8-24)19-5-3-4-6-20(19)27-2/h3-6,11-13H,7-10,14H2,1-2H3. The Morgan fingerprint density at radius 1 is 1.11 bits per heavy atom. The van der Waals surface area contributed by atoms with Gasteiger partial charge in [-0.2, -0.15) is 0 Å². The number of benzene rings is 2. The zero-order valence-electron chi connectivity index (χ0n) is 16.1. The Balaban J connectivity index is 1.52. The summed E-state index contributed by atoms with van der Waals surface area (Å²) in [4.78, 5) is 16.7. The summed E-state index contributed by atoms with van der Waals surface area (Å²) in [5.41, 5.74) is 3.26. The molecule has 146 valence electrons. The Labute approximate surface area is 169 Å². The molecule has 1 aliphatic heterocycles. The lowest BCUT2D eigenvalue weighted by Gasteiger charge is -2.36. The lowest BCUT2D eigenvalue weighted by molar-refractivity contribution is 0.249. The van der Waals surface area contributed by atoms with Gasteiger partial charge >= 0.3 is 5.63 Å². The number of fused-ring (bicyclic) bond motifs is 1. The van der Waals surface area contributed by atoms with E-state index in [2.05, 4.69) is 15.9 Å². The highest BCUT2D eigenvalue weighted by Crippen LogP contribution is 2.29. The molecule has 0 atom stereocenters. The third-order valence-corrected chi connectivity index (χ3v) is 5.71. The maximum absolute atomic E-state index is 12.0. The molecule has 1 aromatic heterocycles. The van der Waals surface area contributed by atoms with Crippen LogP contribution in [0.2, 0.25) is 5.02 Å². The molecule has 0 saturated carbocycles. The molecule has 0 N–H and O–H groups in total. The second-order valence-corrected chi connectivity index (χ2v) is 7.53. The number of rotatable bonds is 4. The lowest BCUT2D eigenvalue weighted by atomic mass is 10.1. The summed E-state index contributed by atoms with van der Waals surface area (Å²) in [6, 6.07) is 13.4. The van der Waals surface area contributed by atoms with E-state index in [-0.39, 0.29) is 5.63 Å². The number of anilines is 1. The van der Waals surface area contributed by atoms with Crippen LogP contribution in [0.4, 0.5) is 5.69 Å². The predicted molar refractivity (Wildman–Crippen MR) is 113 cm³/mol. The number of aryl methyl sites for hydroxylation is 1. The topological polar surface area (TPSA) is 45.9 Å². The zero-order chi connectivity index (χ0) is 19.7. The van der Waals surface area contributed by atoms with Crippen LogP contribution in [-0.4, -0.2) is 38.2 Å². The molecular weight excluding hydrogens is 376 g/mol. The van der Waals surface area contributed by atoms with Crippen molar-refractivity contribution in [1.29, 1.82) is 0 Å². The third kappa shape index (κ3) is 3.73. The van der Waals surface area contributed by atoms with Crippen LogP contribution in [0.15, 0.2) is 51.7 Å². The SMILES string of the molecule is COc1ccccc1N1CCN(Cc2cc(=O)oc3cc(C)c(Cl)cc23)CC1. The molecule has 5 nitrogen and oxygen atoms in total. The van der Waals surface area contributed by atoms with E-state index >= 15 is 0 Å². The van der Waals surface area contributed by atoms with Crippen molar-refractivity contribution < 1.29 is 9.15 Å². The zero-order valence-corrected chi connectivity index (χ0v) is 16.8. The molecule has 4 rings (SSSR count). The highest BCUT2D eigenvalue weighted by Gasteiger charge is 2.20. The number of halogens is 1. The number of hydrogen-bond acceptors (Lipinski definition) is 5. The quantitative estimate of drug-likeness (QED) is 0.619. The average Bonchev–Trinajstić information content (AvgIpc) is 2.70. The molecule has 2 heterocycles. The van der Waals surface area contributed by atoms with Crippen molar-refractivity contribution in [1.82, 2.24) is 4.90 Å². The monoisotopic (exact) mass is 398 g/mol. The highest BCUT2D eigenvalue weighted by atomic mass is 35.5. The van der Waals surface area contributed by atoms with Gasteiger partial charge in [-0.25, -0.2) is 4.79 Å². The van der Waals surface area contributed by atoms with Gasteiger partial charge in [-0.1, -0.05) is 23.7 Å². The van der Waals surface area contributed by atoms with Crippen molar-refractivity contribution in [2.45, 2.75) is 13.5 Å². The van der Waals surface area contributed by atoms with Crippen LogP contribution in [0.1, 0.15) is 11.1 Å².